The Bertz CT molecular complexity index is 475. The van der Waals surface area contributed by atoms with Gasteiger partial charge in [0, 0.05) is 11.1 Å². The first-order chi connectivity index (χ1) is 9.35. The Hall–Kier alpha value is -1.63. The Balaban J connectivity index is 2.59. The lowest BCUT2D eigenvalue weighted by Gasteiger charge is -2.21. The van der Waals surface area contributed by atoms with Crippen LogP contribution in [0.25, 0.3) is 0 Å². The van der Waals surface area contributed by atoms with Crippen molar-refractivity contribution in [2.45, 2.75) is 46.2 Å². The number of urea groups is 1. The van der Waals surface area contributed by atoms with Crippen molar-refractivity contribution in [3.8, 4) is 0 Å². The molecule has 6 nitrogen and oxygen atoms in total. The van der Waals surface area contributed by atoms with Crippen LogP contribution in [-0.4, -0.2) is 28.1 Å². The van der Waals surface area contributed by atoms with Gasteiger partial charge in [0.05, 0.1) is 6.04 Å². The maximum Gasteiger partial charge on any atom is 0.326 e. The van der Waals surface area contributed by atoms with Crippen molar-refractivity contribution in [3.63, 3.8) is 0 Å². The summed E-state index contributed by atoms with van der Waals surface area (Å²) in [7, 11) is 0. The summed E-state index contributed by atoms with van der Waals surface area (Å²) in [5, 5.41) is 17.0. The van der Waals surface area contributed by atoms with Gasteiger partial charge in [-0.25, -0.2) is 14.6 Å². The zero-order valence-corrected chi connectivity index (χ0v) is 13.0. The molecule has 7 heteroatoms. The summed E-state index contributed by atoms with van der Waals surface area (Å²) in [6.07, 6.45) is 0.679. The van der Waals surface area contributed by atoms with Gasteiger partial charge in [0.2, 0.25) is 0 Å². The molecule has 0 aliphatic carbocycles. The van der Waals surface area contributed by atoms with E-state index in [0.717, 1.165) is 10.7 Å². The Morgan fingerprint density at radius 3 is 2.50 bits per heavy atom. The molecule has 1 aromatic heterocycles. The minimum atomic E-state index is -1.02. The molecular formula is C13H21N3O3S. The van der Waals surface area contributed by atoms with Crippen molar-refractivity contribution in [1.29, 1.82) is 0 Å². The van der Waals surface area contributed by atoms with Gasteiger partial charge in [-0.15, -0.1) is 11.3 Å². The Morgan fingerprint density at radius 1 is 1.40 bits per heavy atom. The van der Waals surface area contributed by atoms with Crippen molar-refractivity contribution in [2.75, 3.05) is 0 Å². The van der Waals surface area contributed by atoms with Crippen molar-refractivity contribution in [2.24, 2.45) is 5.92 Å². The second-order valence-corrected chi connectivity index (χ2v) is 5.76. The number of carbonyl (C=O) groups is 2. The molecule has 1 unspecified atom stereocenters. The van der Waals surface area contributed by atoms with Crippen molar-refractivity contribution < 1.29 is 14.7 Å². The summed E-state index contributed by atoms with van der Waals surface area (Å²) < 4.78 is 0. The third-order valence-electron chi connectivity index (χ3n) is 3.12. The summed E-state index contributed by atoms with van der Waals surface area (Å²) in [6.45, 7) is 7.39. The maximum atomic E-state index is 11.9. The summed E-state index contributed by atoms with van der Waals surface area (Å²) in [4.78, 5) is 27.3. The lowest BCUT2D eigenvalue weighted by molar-refractivity contribution is -0.140. The van der Waals surface area contributed by atoms with Gasteiger partial charge >= 0.3 is 12.0 Å². The number of amides is 2. The SMILES string of the molecule is CC[C@H](C)[C@H](NC(=O)NC(C)c1nc(C)cs1)C(=O)O. The molecule has 3 N–H and O–H groups in total. The number of thiazole rings is 1. The number of carboxylic acid groups (broad SMARTS) is 1. The van der Waals surface area contributed by atoms with Gasteiger partial charge in [0.15, 0.2) is 0 Å². The highest BCUT2D eigenvalue weighted by atomic mass is 32.1. The largest absolute Gasteiger partial charge is 0.480 e. The first-order valence-corrected chi connectivity index (χ1v) is 7.45. The fourth-order valence-corrected chi connectivity index (χ4v) is 2.50. The first-order valence-electron chi connectivity index (χ1n) is 6.57. The van der Waals surface area contributed by atoms with E-state index >= 15 is 0 Å². The van der Waals surface area contributed by atoms with Crippen LogP contribution in [0, 0.1) is 12.8 Å². The number of rotatable bonds is 6. The quantitative estimate of drug-likeness (QED) is 0.751. The average Bonchev–Trinajstić information content (AvgIpc) is 2.81. The smallest absolute Gasteiger partial charge is 0.326 e. The normalized spacial score (nSPS) is 15.2. The van der Waals surface area contributed by atoms with Crippen LogP contribution in [0.1, 0.15) is 43.9 Å². The highest BCUT2D eigenvalue weighted by molar-refractivity contribution is 7.09. The third kappa shape index (κ3) is 4.48. The highest BCUT2D eigenvalue weighted by Gasteiger charge is 2.26. The van der Waals surface area contributed by atoms with Gasteiger partial charge in [0.25, 0.3) is 0 Å². The van der Waals surface area contributed by atoms with E-state index in [1.165, 1.54) is 11.3 Å². The zero-order chi connectivity index (χ0) is 15.3. The van der Waals surface area contributed by atoms with Gasteiger partial charge in [-0.2, -0.15) is 0 Å². The van der Waals surface area contributed by atoms with Crippen LogP contribution >= 0.6 is 11.3 Å². The van der Waals surface area contributed by atoms with Crippen LogP contribution < -0.4 is 10.6 Å². The van der Waals surface area contributed by atoms with E-state index in [1.54, 1.807) is 6.92 Å². The van der Waals surface area contributed by atoms with E-state index in [9.17, 15) is 9.59 Å². The molecular weight excluding hydrogens is 278 g/mol. The maximum absolute atomic E-state index is 11.9. The predicted octanol–water partition coefficient (Wildman–Crippen LogP) is 2.31. The van der Waals surface area contributed by atoms with Gasteiger partial charge in [-0.05, 0) is 19.8 Å². The third-order valence-corrected chi connectivity index (χ3v) is 4.27. The van der Waals surface area contributed by atoms with Crippen LogP contribution in [0.4, 0.5) is 4.79 Å². The average molecular weight is 299 g/mol. The number of nitrogens with one attached hydrogen (secondary N) is 2. The van der Waals surface area contributed by atoms with Crippen LogP contribution in [0.5, 0.6) is 0 Å². The number of aliphatic carboxylic acids is 1. The van der Waals surface area contributed by atoms with Gasteiger partial charge in [0.1, 0.15) is 11.0 Å². The summed E-state index contributed by atoms with van der Waals surface area (Å²) in [5.41, 5.74) is 0.905. The molecule has 20 heavy (non-hydrogen) atoms. The number of hydrogen-bond donors (Lipinski definition) is 3. The van der Waals surface area contributed by atoms with Gasteiger partial charge in [-0.1, -0.05) is 20.3 Å². The molecule has 1 heterocycles. The molecule has 0 saturated heterocycles. The van der Waals surface area contributed by atoms with E-state index in [1.807, 2.05) is 26.2 Å². The Kier molecular flexibility index (Phi) is 5.94. The Morgan fingerprint density at radius 2 is 2.05 bits per heavy atom. The molecule has 112 valence electrons. The molecule has 0 aliphatic rings. The molecule has 0 fully saturated rings. The van der Waals surface area contributed by atoms with E-state index in [-0.39, 0.29) is 12.0 Å². The van der Waals surface area contributed by atoms with Crippen molar-refractivity contribution in [1.82, 2.24) is 15.6 Å². The molecule has 0 radical (unpaired) electrons. The van der Waals surface area contributed by atoms with E-state index in [0.29, 0.717) is 6.42 Å². The predicted molar refractivity (Wildman–Crippen MR) is 77.8 cm³/mol. The van der Waals surface area contributed by atoms with Crippen molar-refractivity contribution in [3.05, 3.63) is 16.1 Å². The molecule has 0 bridgehead atoms. The summed E-state index contributed by atoms with van der Waals surface area (Å²) in [6, 6.07) is -1.62. The Labute approximate surface area is 122 Å². The molecule has 0 aliphatic heterocycles. The molecule has 1 rings (SSSR count). The number of aryl methyl sites for hydroxylation is 1. The van der Waals surface area contributed by atoms with Crippen LogP contribution in [-0.2, 0) is 4.79 Å². The first kappa shape index (κ1) is 16.4. The van der Waals surface area contributed by atoms with Crippen molar-refractivity contribution >= 4 is 23.3 Å². The highest BCUT2D eigenvalue weighted by Crippen LogP contribution is 2.17. The second-order valence-electron chi connectivity index (χ2n) is 4.87. The lowest BCUT2D eigenvalue weighted by atomic mass is 9.99. The number of carbonyl (C=O) groups excluding carboxylic acids is 1. The molecule has 0 saturated carbocycles. The fourth-order valence-electron chi connectivity index (χ4n) is 1.70. The van der Waals surface area contributed by atoms with Gasteiger partial charge < -0.3 is 15.7 Å². The van der Waals surface area contributed by atoms with Crippen LogP contribution in [0.3, 0.4) is 0 Å². The molecule has 1 aromatic rings. The summed E-state index contributed by atoms with van der Waals surface area (Å²) >= 11 is 1.47. The van der Waals surface area contributed by atoms with E-state index in [4.69, 9.17) is 5.11 Å². The fraction of sp³-hybridized carbons (Fsp3) is 0.615. The number of carboxylic acids is 1. The minimum Gasteiger partial charge on any atom is -0.480 e. The molecule has 0 spiro atoms. The zero-order valence-electron chi connectivity index (χ0n) is 12.1. The second kappa shape index (κ2) is 7.23. The number of nitrogens with zero attached hydrogens (tertiary/aromatic N) is 1. The summed E-state index contributed by atoms with van der Waals surface area (Å²) in [5.74, 6) is -1.15. The van der Waals surface area contributed by atoms with E-state index < -0.39 is 18.0 Å². The number of aromatic nitrogens is 1. The molecule has 2 amide bonds. The standard InChI is InChI=1S/C13H21N3O3S/c1-5-7(2)10(12(17)18)16-13(19)15-9(4)11-14-8(3)6-20-11/h6-7,9-10H,5H2,1-4H3,(H,17,18)(H2,15,16,19)/t7-,9?,10-/m0/s1. The minimum absolute atomic E-state index is 0.129. The van der Waals surface area contributed by atoms with Gasteiger partial charge in [-0.3, -0.25) is 0 Å². The molecule has 0 aromatic carbocycles. The van der Waals surface area contributed by atoms with E-state index in [2.05, 4.69) is 15.6 Å². The van der Waals surface area contributed by atoms with Crippen LogP contribution in [0.2, 0.25) is 0 Å². The topological polar surface area (TPSA) is 91.3 Å². The van der Waals surface area contributed by atoms with Crippen LogP contribution in [0.15, 0.2) is 5.38 Å². The molecule has 3 atom stereocenters. The monoisotopic (exact) mass is 299 g/mol. The lowest BCUT2D eigenvalue weighted by Crippen LogP contribution is -2.49. The number of hydrogen-bond acceptors (Lipinski definition) is 4.